The van der Waals surface area contributed by atoms with Crippen molar-refractivity contribution in [2.45, 2.75) is 44.6 Å². The Labute approximate surface area is 89.3 Å². The SMILES string of the molecule is O=C(O)CC1CCC(=O)N2CCCCC12. The molecule has 2 atom stereocenters. The molecule has 84 valence electrons. The molecule has 0 aliphatic carbocycles. The third kappa shape index (κ3) is 2.13. The van der Waals surface area contributed by atoms with Gasteiger partial charge in [0.05, 0.1) is 6.42 Å². The summed E-state index contributed by atoms with van der Waals surface area (Å²) >= 11 is 0. The van der Waals surface area contributed by atoms with Crippen LogP contribution in [-0.4, -0.2) is 34.5 Å². The number of aliphatic carboxylic acids is 1. The van der Waals surface area contributed by atoms with E-state index in [-0.39, 0.29) is 24.3 Å². The quantitative estimate of drug-likeness (QED) is 0.748. The normalized spacial score (nSPS) is 31.2. The third-order valence-electron chi connectivity index (χ3n) is 3.58. The second-order valence-corrected chi connectivity index (χ2v) is 4.55. The molecule has 0 radical (unpaired) electrons. The van der Waals surface area contributed by atoms with Gasteiger partial charge in [-0.25, -0.2) is 0 Å². The van der Waals surface area contributed by atoms with Crippen molar-refractivity contribution in [3.63, 3.8) is 0 Å². The van der Waals surface area contributed by atoms with Gasteiger partial charge in [0, 0.05) is 19.0 Å². The van der Waals surface area contributed by atoms with Crippen molar-refractivity contribution >= 4 is 11.9 Å². The van der Waals surface area contributed by atoms with Crippen molar-refractivity contribution in [2.24, 2.45) is 5.92 Å². The molecular formula is C11H17NO3. The van der Waals surface area contributed by atoms with Crippen molar-refractivity contribution in [3.8, 4) is 0 Å². The lowest BCUT2D eigenvalue weighted by molar-refractivity contribution is -0.146. The Balaban J connectivity index is 2.06. The fraction of sp³-hybridized carbons (Fsp3) is 0.818. The van der Waals surface area contributed by atoms with Gasteiger partial charge < -0.3 is 10.0 Å². The summed E-state index contributed by atoms with van der Waals surface area (Å²) in [5.41, 5.74) is 0. The molecule has 0 saturated carbocycles. The lowest BCUT2D eigenvalue weighted by Gasteiger charge is -2.43. The Morgan fingerprint density at radius 2 is 2.20 bits per heavy atom. The summed E-state index contributed by atoms with van der Waals surface area (Å²) in [6.45, 7) is 0.833. The van der Waals surface area contributed by atoms with Gasteiger partial charge in [-0.05, 0) is 31.6 Å². The molecule has 2 fully saturated rings. The number of carboxylic acid groups (broad SMARTS) is 1. The van der Waals surface area contributed by atoms with E-state index in [1.54, 1.807) is 0 Å². The number of hydrogen-bond acceptors (Lipinski definition) is 2. The van der Waals surface area contributed by atoms with E-state index in [1.165, 1.54) is 0 Å². The summed E-state index contributed by atoms with van der Waals surface area (Å²) in [7, 11) is 0. The molecule has 0 aromatic rings. The molecule has 2 aliphatic heterocycles. The summed E-state index contributed by atoms with van der Waals surface area (Å²) < 4.78 is 0. The number of nitrogens with zero attached hydrogens (tertiary/aromatic N) is 1. The minimum atomic E-state index is -0.736. The first-order valence-electron chi connectivity index (χ1n) is 5.70. The number of amides is 1. The van der Waals surface area contributed by atoms with Gasteiger partial charge in [0.2, 0.25) is 5.91 Å². The van der Waals surface area contributed by atoms with Crippen LogP contribution >= 0.6 is 0 Å². The molecular weight excluding hydrogens is 194 g/mol. The number of carboxylic acids is 1. The average Bonchev–Trinajstić information content (AvgIpc) is 2.22. The van der Waals surface area contributed by atoms with E-state index in [4.69, 9.17) is 5.11 Å². The zero-order valence-electron chi connectivity index (χ0n) is 8.82. The zero-order valence-corrected chi connectivity index (χ0v) is 8.82. The maximum absolute atomic E-state index is 11.6. The van der Waals surface area contributed by atoms with Crippen molar-refractivity contribution in [1.82, 2.24) is 4.90 Å². The van der Waals surface area contributed by atoms with E-state index in [9.17, 15) is 9.59 Å². The Morgan fingerprint density at radius 3 is 2.93 bits per heavy atom. The van der Waals surface area contributed by atoms with Gasteiger partial charge in [-0.1, -0.05) is 0 Å². The van der Waals surface area contributed by atoms with Crippen LogP contribution in [0, 0.1) is 5.92 Å². The largest absolute Gasteiger partial charge is 0.481 e. The van der Waals surface area contributed by atoms with Crippen LogP contribution in [0.15, 0.2) is 0 Å². The standard InChI is InChI=1S/C11H17NO3/c13-10-5-4-8(7-11(14)15)9-3-1-2-6-12(9)10/h8-9H,1-7H2,(H,14,15). The highest BCUT2D eigenvalue weighted by Gasteiger charge is 2.37. The minimum absolute atomic E-state index is 0.181. The molecule has 0 aromatic carbocycles. The van der Waals surface area contributed by atoms with Gasteiger partial charge in [-0.15, -0.1) is 0 Å². The highest BCUT2D eigenvalue weighted by molar-refractivity contribution is 5.78. The molecule has 0 aromatic heterocycles. The van der Waals surface area contributed by atoms with Crippen molar-refractivity contribution < 1.29 is 14.7 Å². The molecule has 4 heteroatoms. The third-order valence-corrected chi connectivity index (χ3v) is 3.58. The first-order valence-corrected chi connectivity index (χ1v) is 5.70. The molecule has 2 unspecified atom stereocenters. The summed E-state index contributed by atoms with van der Waals surface area (Å²) in [5, 5.41) is 8.82. The summed E-state index contributed by atoms with van der Waals surface area (Å²) in [4.78, 5) is 24.3. The number of rotatable bonds is 2. The van der Waals surface area contributed by atoms with Gasteiger partial charge in [0.15, 0.2) is 0 Å². The topological polar surface area (TPSA) is 57.6 Å². The molecule has 4 nitrogen and oxygen atoms in total. The fourth-order valence-electron chi connectivity index (χ4n) is 2.86. The Kier molecular flexibility index (Phi) is 2.93. The van der Waals surface area contributed by atoms with Crippen molar-refractivity contribution in [3.05, 3.63) is 0 Å². The number of fused-ring (bicyclic) bond motifs is 1. The van der Waals surface area contributed by atoms with E-state index < -0.39 is 5.97 Å². The molecule has 2 saturated heterocycles. The van der Waals surface area contributed by atoms with Crippen LogP contribution < -0.4 is 0 Å². The maximum atomic E-state index is 11.6. The lowest BCUT2D eigenvalue weighted by Crippen LogP contribution is -2.51. The van der Waals surface area contributed by atoms with Crippen LogP contribution in [0.4, 0.5) is 0 Å². The van der Waals surface area contributed by atoms with Crippen LogP contribution in [0.2, 0.25) is 0 Å². The molecule has 0 spiro atoms. The molecule has 2 heterocycles. The number of carbonyl (C=O) groups excluding carboxylic acids is 1. The predicted octanol–water partition coefficient (Wildman–Crippen LogP) is 1.25. The van der Waals surface area contributed by atoms with Gasteiger partial charge in [-0.2, -0.15) is 0 Å². The van der Waals surface area contributed by atoms with Crippen LogP contribution in [0.25, 0.3) is 0 Å². The highest BCUT2D eigenvalue weighted by Crippen LogP contribution is 2.33. The average molecular weight is 211 g/mol. The monoisotopic (exact) mass is 211 g/mol. The smallest absolute Gasteiger partial charge is 0.303 e. The highest BCUT2D eigenvalue weighted by atomic mass is 16.4. The van der Waals surface area contributed by atoms with Gasteiger partial charge >= 0.3 is 5.97 Å². The number of hydrogen-bond donors (Lipinski definition) is 1. The molecule has 2 rings (SSSR count). The lowest BCUT2D eigenvalue weighted by atomic mass is 9.81. The summed E-state index contributed by atoms with van der Waals surface area (Å²) in [6, 6.07) is 0.205. The molecule has 1 N–H and O–H groups in total. The molecule has 0 bridgehead atoms. The molecule has 1 amide bonds. The molecule has 2 aliphatic rings. The maximum Gasteiger partial charge on any atom is 0.303 e. The Hall–Kier alpha value is -1.06. The Morgan fingerprint density at radius 1 is 1.40 bits per heavy atom. The van der Waals surface area contributed by atoms with E-state index in [1.807, 2.05) is 4.90 Å². The predicted molar refractivity (Wildman–Crippen MR) is 54.3 cm³/mol. The van der Waals surface area contributed by atoms with Gasteiger partial charge in [0.1, 0.15) is 0 Å². The summed E-state index contributed by atoms with van der Waals surface area (Å²) in [6.07, 6.45) is 4.70. The summed E-state index contributed by atoms with van der Waals surface area (Å²) in [5.74, 6) is -0.332. The van der Waals surface area contributed by atoms with E-state index in [2.05, 4.69) is 0 Å². The molecule has 15 heavy (non-hydrogen) atoms. The minimum Gasteiger partial charge on any atom is -0.481 e. The number of carbonyl (C=O) groups is 2. The van der Waals surface area contributed by atoms with E-state index >= 15 is 0 Å². The zero-order chi connectivity index (χ0) is 10.8. The second kappa shape index (κ2) is 4.21. The van der Waals surface area contributed by atoms with E-state index in [0.717, 1.165) is 32.2 Å². The van der Waals surface area contributed by atoms with Gasteiger partial charge in [0.25, 0.3) is 0 Å². The number of piperidine rings is 2. The van der Waals surface area contributed by atoms with Crippen LogP contribution in [0.1, 0.15) is 38.5 Å². The van der Waals surface area contributed by atoms with Crippen LogP contribution in [0.3, 0.4) is 0 Å². The van der Waals surface area contributed by atoms with Crippen molar-refractivity contribution in [1.29, 1.82) is 0 Å². The van der Waals surface area contributed by atoms with E-state index in [0.29, 0.717) is 6.42 Å². The van der Waals surface area contributed by atoms with Gasteiger partial charge in [-0.3, -0.25) is 9.59 Å². The first-order chi connectivity index (χ1) is 7.18. The second-order valence-electron chi connectivity index (χ2n) is 4.55. The fourth-order valence-corrected chi connectivity index (χ4v) is 2.86. The first kappa shape index (κ1) is 10.5. The van der Waals surface area contributed by atoms with Crippen LogP contribution in [-0.2, 0) is 9.59 Å². The van der Waals surface area contributed by atoms with Crippen LogP contribution in [0.5, 0.6) is 0 Å². The Bertz CT molecular complexity index is 277. The van der Waals surface area contributed by atoms with Crippen molar-refractivity contribution in [2.75, 3.05) is 6.54 Å².